The molecule has 2 heterocycles. The number of anilines is 1. The number of halogens is 1. The van der Waals surface area contributed by atoms with Crippen LogP contribution in [0.25, 0.3) is 0 Å². The average Bonchev–Trinajstić information content (AvgIpc) is 2.40. The van der Waals surface area contributed by atoms with E-state index in [9.17, 15) is 4.79 Å². The van der Waals surface area contributed by atoms with Crippen molar-refractivity contribution in [1.29, 1.82) is 0 Å². The number of piperidine rings is 1. The van der Waals surface area contributed by atoms with Crippen molar-refractivity contribution >= 4 is 23.7 Å². The number of aromatic nitrogens is 2. The van der Waals surface area contributed by atoms with Gasteiger partial charge in [0, 0.05) is 13.1 Å². The van der Waals surface area contributed by atoms with Gasteiger partial charge in [-0.15, -0.1) is 0 Å². The highest BCUT2D eigenvalue weighted by atomic mass is 35.5. The summed E-state index contributed by atoms with van der Waals surface area (Å²) < 4.78 is 0. The Labute approximate surface area is 112 Å². The first-order valence-corrected chi connectivity index (χ1v) is 6.61. The van der Waals surface area contributed by atoms with E-state index in [1.54, 1.807) is 0 Å². The maximum absolute atomic E-state index is 10.9. The van der Waals surface area contributed by atoms with Crippen molar-refractivity contribution in [2.75, 3.05) is 31.5 Å². The van der Waals surface area contributed by atoms with Crippen LogP contribution in [0.2, 0.25) is 5.15 Å². The lowest BCUT2D eigenvalue weighted by Gasteiger charge is -2.26. The fraction of sp³-hybridized carbons (Fsp3) is 0.583. The molecule has 98 valence electrons. The molecule has 0 aliphatic carbocycles. The molecule has 1 aromatic rings. The second kappa shape index (κ2) is 6.66. The van der Waals surface area contributed by atoms with Gasteiger partial charge in [-0.05, 0) is 25.9 Å². The van der Waals surface area contributed by atoms with Gasteiger partial charge >= 0.3 is 0 Å². The molecular formula is C12H17ClN4O. The van der Waals surface area contributed by atoms with E-state index in [4.69, 9.17) is 11.6 Å². The first-order valence-electron chi connectivity index (χ1n) is 6.23. The summed E-state index contributed by atoms with van der Waals surface area (Å²) in [7, 11) is 0. The molecule has 5 nitrogen and oxygen atoms in total. The molecular weight excluding hydrogens is 252 g/mol. The molecule has 18 heavy (non-hydrogen) atoms. The number of nitrogens with zero attached hydrogens (tertiary/aromatic N) is 3. The van der Waals surface area contributed by atoms with Crippen molar-refractivity contribution in [2.24, 2.45) is 0 Å². The monoisotopic (exact) mass is 268 g/mol. The quantitative estimate of drug-likeness (QED) is 0.652. The number of rotatable bonds is 5. The molecule has 0 saturated carbocycles. The number of carbonyl (C=O) groups excluding carboxylic acids is 1. The normalized spacial score (nSPS) is 16.5. The molecule has 0 spiro atoms. The number of aldehydes is 1. The predicted molar refractivity (Wildman–Crippen MR) is 71.2 cm³/mol. The van der Waals surface area contributed by atoms with Crippen LogP contribution in [-0.2, 0) is 0 Å². The van der Waals surface area contributed by atoms with Crippen LogP contribution in [-0.4, -0.2) is 47.3 Å². The molecule has 1 aliphatic heterocycles. The van der Waals surface area contributed by atoms with Crippen LogP contribution in [0.5, 0.6) is 0 Å². The predicted octanol–water partition coefficient (Wildman–Crippen LogP) is 1.84. The molecule has 1 N–H and O–H groups in total. The standard InChI is InChI=1S/C12H17ClN4O/c13-11-10(8-18)12(16-9-15-11)14-4-7-17-5-2-1-3-6-17/h8-9H,1-7H2,(H,14,15,16). The van der Waals surface area contributed by atoms with E-state index in [1.165, 1.54) is 25.6 Å². The van der Waals surface area contributed by atoms with Crippen LogP contribution in [0.4, 0.5) is 5.82 Å². The van der Waals surface area contributed by atoms with Crippen molar-refractivity contribution in [3.8, 4) is 0 Å². The smallest absolute Gasteiger partial charge is 0.156 e. The fourth-order valence-electron chi connectivity index (χ4n) is 2.13. The van der Waals surface area contributed by atoms with Crippen LogP contribution in [0, 0.1) is 0 Å². The summed E-state index contributed by atoms with van der Waals surface area (Å²) in [4.78, 5) is 21.1. The highest BCUT2D eigenvalue weighted by Gasteiger charge is 2.11. The zero-order valence-corrected chi connectivity index (χ0v) is 11.0. The zero-order valence-electron chi connectivity index (χ0n) is 10.2. The van der Waals surface area contributed by atoms with Gasteiger partial charge < -0.3 is 10.2 Å². The number of likely N-dealkylation sites (tertiary alicyclic amines) is 1. The summed E-state index contributed by atoms with van der Waals surface area (Å²) in [6, 6.07) is 0. The third-order valence-corrected chi connectivity index (χ3v) is 3.42. The van der Waals surface area contributed by atoms with Crippen molar-refractivity contribution in [3.05, 3.63) is 17.0 Å². The third-order valence-electron chi connectivity index (χ3n) is 3.12. The lowest BCUT2D eigenvalue weighted by molar-refractivity contribution is 0.112. The van der Waals surface area contributed by atoms with Crippen LogP contribution in [0.15, 0.2) is 6.33 Å². The van der Waals surface area contributed by atoms with Gasteiger partial charge in [0.15, 0.2) is 6.29 Å². The van der Waals surface area contributed by atoms with Crippen LogP contribution in [0.1, 0.15) is 29.6 Å². The van der Waals surface area contributed by atoms with E-state index in [-0.39, 0.29) is 5.15 Å². The molecule has 1 saturated heterocycles. The van der Waals surface area contributed by atoms with E-state index in [0.717, 1.165) is 26.2 Å². The van der Waals surface area contributed by atoms with E-state index >= 15 is 0 Å². The molecule has 0 amide bonds. The van der Waals surface area contributed by atoms with Crippen molar-refractivity contribution in [3.63, 3.8) is 0 Å². The van der Waals surface area contributed by atoms with E-state index in [0.29, 0.717) is 17.7 Å². The summed E-state index contributed by atoms with van der Waals surface area (Å²) in [5.74, 6) is 0.516. The Morgan fingerprint density at radius 1 is 1.33 bits per heavy atom. The topological polar surface area (TPSA) is 58.1 Å². The molecule has 0 radical (unpaired) electrons. The van der Waals surface area contributed by atoms with Gasteiger partial charge in [0.05, 0.1) is 5.56 Å². The molecule has 2 rings (SSSR count). The maximum Gasteiger partial charge on any atom is 0.156 e. The van der Waals surface area contributed by atoms with Crippen LogP contribution < -0.4 is 5.32 Å². The first-order chi connectivity index (χ1) is 8.81. The minimum absolute atomic E-state index is 0.195. The van der Waals surface area contributed by atoms with Gasteiger partial charge in [0.1, 0.15) is 17.3 Å². The summed E-state index contributed by atoms with van der Waals surface area (Å²) in [5.41, 5.74) is 0.331. The summed E-state index contributed by atoms with van der Waals surface area (Å²) in [6.07, 6.45) is 5.93. The van der Waals surface area contributed by atoms with Crippen LogP contribution >= 0.6 is 11.6 Å². The number of nitrogens with one attached hydrogen (secondary N) is 1. The summed E-state index contributed by atoms with van der Waals surface area (Å²) in [6.45, 7) is 4.04. The molecule has 1 fully saturated rings. The van der Waals surface area contributed by atoms with Gasteiger partial charge in [-0.3, -0.25) is 4.79 Å². The Hall–Kier alpha value is -1.20. The molecule has 6 heteroatoms. The second-order valence-corrected chi connectivity index (χ2v) is 4.73. The number of hydrogen-bond donors (Lipinski definition) is 1. The lowest BCUT2D eigenvalue weighted by atomic mass is 10.1. The Bertz CT molecular complexity index is 407. The highest BCUT2D eigenvalue weighted by molar-refractivity contribution is 6.32. The SMILES string of the molecule is O=Cc1c(Cl)ncnc1NCCN1CCCCC1. The van der Waals surface area contributed by atoms with Gasteiger partial charge in [-0.25, -0.2) is 9.97 Å². The Morgan fingerprint density at radius 2 is 2.11 bits per heavy atom. The fourth-order valence-corrected chi connectivity index (χ4v) is 2.31. The van der Waals surface area contributed by atoms with E-state index in [2.05, 4.69) is 20.2 Å². The summed E-state index contributed by atoms with van der Waals surface area (Å²) in [5, 5.41) is 3.34. The molecule has 1 aromatic heterocycles. The Balaban J connectivity index is 1.86. The maximum atomic E-state index is 10.9. The molecule has 0 aromatic carbocycles. The van der Waals surface area contributed by atoms with Gasteiger partial charge in [-0.1, -0.05) is 18.0 Å². The number of hydrogen-bond acceptors (Lipinski definition) is 5. The zero-order chi connectivity index (χ0) is 12.8. The van der Waals surface area contributed by atoms with E-state index < -0.39 is 0 Å². The van der Waals surface area contributed by atoms with Crippen LogP contribution in [0.3, 0.4) is 0 Å². The third kappa shape index (κ3) is 3.40. The largest absolute Gasteiger partial charge is 0.368 e. The summed E-state index contributed by atoms with van der Waals surface area (Å²) >= 11 is 5.82. The second-order valence-electron chi connectivity index (χ2n) is 4.37. The molecule has 0 atom stereocenters. The van der Waals surface area contributed by atoms with Gasteiger partial charge in [0.25, 0.3) is 0 Å². The van der Waals surface area contributed by atoms with Crippen molar-refractivity contribution in [2.45, 2.75) is 19.3 Å². The average molecular weight is 269 g/mol. The minimum atomic E-state index is 0.195. The number of carbonyl (C=O) groups is 1. The first kappa shape index (κ1) is 13.2. The van der Waals surface area contributed by atoms with Gasteiger partial charge in [-0.2, -0.15) is 0 Å². The highest BCUT2D eigenvalue weighted by Crippen LogP contribution is 2.17. The van der Waals surface area contributed by atoms with Gasteiger partial charge in [0.2, 0.25) is 0 Å². The van der Waals surface area contributed by atoms with Crippen molar-refractivity contribution < 1.29 is 4.79 Å². The minimum Gasteiger partial charge on any atom is -0.368 e. The molecule has 1 aliphatic rings. The Morgan fingerprint density at radius 3 is 2.83 bits per heavy atom. The van der Waals surface area contributed by atoms with Crippen molar-refractivity contribution in [1.82, 2.24) is 14.9 Å². The molecule has 0 unspecified atom stereocenters. The van der Waals surface area contributed by atoms with E-state index in [1.807, 2.05) is 0 Å². The lowest BCUT2D eigenvalue weighted by Crippen LogP contribution is -2.33. The Kier molecular flexibility index (Phi) is 4.90. The molecule has 0 bridgehead atoms.